The number of hydrogen-bond acceptors (Lipinski definition) is 8. The number of aromatic nitrogens is 5. The average molecular weight is 718 g/mol. The number of piperidine rings is 2. The Morgan fingerprint density at radius 1 is 1.10 bits per heavy atom. The van der Waals surface area contributed by atoms with Gasteiger partial charge in [-0.2, -0.15) is 10.1 Å². The first-order chi connectivity index (χ1) is 25.1. The molecule has 0 saturated carbocycles. The van der Waals surface area contributed by atoms with E-state index in [1.54, 1.807) is 10.8 Å². The van der Waals surface area contributed by atoms with E-state index in [0.29, 0.717) is 35.5 Å². The molecule has 2 aliphatic rings. The van der Waals surface area contributed by atoms with E-state index in [1.165, 1.54) is 22.9 Å². The Hall–Kier alpha value is -5.09. The first-order valence-corrected chi connectivity index (χ1v) is 18.6. The quantitative estimate of drug-likeness (QED) is 0.128. The van der Waals surface area contributed by atoms with Crippen LogP contribution >= 0.6 is 11.6 Å². The number of rotatable bonds is 11. The number of aryl methyl sites for hydroxylation is 4. The van der Waals surface area contributed by atoms with E-state index >= 15 is 0 Å². The van der Waals surface area contributed by atoms with Gasteiger partial charge in [-0.25, -0.2) is 4.98 Å². The molecule has 10 nitrogen and oxygen atoms in total. The molecule has 3 aromatic heterocycles. The second-order valence-electron chi connectivity index (χ2n) is 14.3. The first kappa shape index (κ1) is 35.3. The van der Waals surface area contributed by atoms with Crippen LogP contribution in [-0.4, -0.2) is 44.5 Å². The van der Waals surface area contributed by atoms with Crippen LogP contribution in [0.2, 0.25) is 5.02 Å². The molecular weight excluding hydrogens is 670 g/mol. The van der Waals surface area contributed by atoms with E-state index in [2.05, 4.69) is 75.5 Å². The van der Waals surface area contributed by atoms with Gasteiger partial charge >= 0.3 is 0 Å². The summed E-state index contributed by atoms with van der Waals surface area (Å²) in [6, 6.07) is 14.5. The molecule has 0 spiro atoms. The Kier molecular flexibility index (Phi) is 10.1. The van der Waals surface area contributed by atoms with E-state index < -0.39 is 0 Å². The van der Waals surface area contributed by atoms with Crippen molar-refractivity contribution >= 4 is 50.9 Å². The number of fused-ring (bicyclic) bond motifs is 2. The molecule has 1 unspecified atom stereocenters. The Balaban J connectivity index is 1.05. The molecule has 270 valence electrons. The number of anilines is 3. The van der Waals surface area contributed by atoms with Gasteiger partial charge < -0.3 is 25.4 Å². The third-order valence-electron chi connectivity index (χ3n) is 10.8. The topological polar surface area (TPSA) is 105 Å². The molecule has 0 amide bonds. The fraction of sp³-hybridized carbons (Fsp3) is 0.366. The summed E-state index contributed by atoms with van der Waals surface area (Å²) in [6.07, 6.45) is 9.18. The third kappa shape index (κ3) is 7.17. The summed E-state index contributed by atoms with van der Waals surface area (Å²) >= 11 is 6.65. The number of allylic oxidation sites excluding steroid dienone is 3. The zero-order chi connectivity index (χ0) is 36.5. The minimum absolute atomic E-state index is 0.00908. The molecule has 5 aromatic rings. The molecule has 3 N–H and O–H groups in total. The second kappa shape index (κ2) is 14.9. The molecule has 2 fully saturated rings. The highest BCUT2D eigenvalue weighted by atomic mass is 35.5. The number of nitrogens with zero attached hydrogens (tertiary/aromatic N) is 6. The van der Waals surface area contributed by atoms with E-state index in [1.807, 2.05) is 38.4 Å². The summed E-state index contributed by atoms with van der Waals surface area (Å²) in [5.74, 6) is 1.92. The maximum absolute atomic E-state index is 13.0. The van der Waals surface area contributed by atoms with Gasteiger partial charge in [-0.1, -0.05) is 49.5 Å². The van der Waals surface area contributed by atoms with Crippen molar-refractivity contribution in [1.29, 1.82) is 0 Å². The Morgan fingerprint density at radius 2 is 1.94 bits per heavy atom. The molecule has 0 radical (unpaired) electrons. The molecule has 2 saturated heterocycles. The van der Waals surface area contributed by atoms with Crippen LogP contribution < -0.4 is 26.4 Å². The molecule has 5 heterocycles. The molecule has 2 atom stereocenters. The van der Waals surface area contributed by atoms with E-state index in [9.17, 15) is 4.79 Å². The standard InChI is InChI=1S/C41H48ClN9O/c1-25(43-4)12-15-30-21-31-22-32(17-19-36(31)49(5)40(30)52)46-39-35(42)23-44-41(47-39)51-20-8-9-28(24-51)14-16-29-10-7-11-34-37(48-50(6)38(29)34)33-18-13-26(2)45-27(33)3/h7,10-11,17,19,21-23,28,33,43,45H,1-3,8-9,12-16,18,20,24H2,4-6H3,(H,44,46,47)/t28-,33?/m0/s1. The van der Waals surface area contributed by atoms with Crippen molar-refractivity contribution in [3.05, 3.63) is 118 Å². The lowest BCUT2D eigenvalue weighted by Crippen LogP contribution is -2.36. The fourth-order valence-corrected chi connectivity index (χ4v) is 8.01. The van der Waals surface area contributed by atoms with Crippen LogP contribution in [0.25, 0.3) is 21.8 Å². The molecular formula is C41H48ClN9O. The summed E-state index contributed by atoms with van der Waals surface area (Å²) in [5.41, 5.74) is 9.00. The maximum Gasteiger partial charge on any atom is 0.253 e. The van der Waals surface area contributed by atoms with Crippen molar-refractivity contribution in [3.63, 3.8) is 0 Å². The van der Waals surface area contributed by atoms with Crippen LogP contribution in [-0.2, 0) is 26.9 Å². The van der Waals surface area contributed by atoms with Gasteiger partial charge in [0.25, 0.3) is 5.56 Å². The highest BCUT2D eigenvalue weighted by Crippen LogP contribution is 2.37. The summed E-state index contributed by atoms with van der Waals surface area (Å²) in [4.78, 5) is 24.9. The molecule has 0 aliphatic carbocycles. The SMILES string of the molecule is C=C(CCc1cc2cc(Nc3nc(N4CCC[C@@H](CCc5cccc6c(C7CCC(=C)NC7=C)nn(C)c56)C4)ncc3Cl)ccc2n(C)c1=O)NC. The van der Waals surface area contributed by atoms with Gasteiger partial charge in [-0.05, 0) is 87.1 Å². The highest BCUT2D eigenvalue weighted by molar-refractivity contribution is 6.32. The van der Waals surface area contributed by atoms with Crippen LogP contribution in [0.15, 0.2) is 90.3 Å². The van der Waals surface area contributed by atoms with E-state index in [0.717, 1.165) is 90.1 Å². The van der Waals surface area contributed by atoms with Crippen molar-refractivity contribution in [2.45, 2.75) is 57.3 Å². The Labute approximate surface area is 310 Å². The summed E-state index contributed by atoms with van der Waals surface area (Å²) in [7, 11) is 5.72. The summed E-state index contributed by atoms with van der Waals surface area (Å²) in [5, 5.41) is 17.5. The summed E-state index contributed by atoms with van der Waals surface area (Å²) in [6.45, 7) is 14.2. The predicted molar refractivity (Wildman–Crippen MR) is 213 cm³/mol. The lowest BCUT2D eigenvalue weighted by atomic mass is 9.88. The largest absolute Gasteiger partial charge is 0.392 e. The van der Waals surface area contributed by atoms with Gasteiger partial charge in [0.15, 0.2) is 5.82 Å². The number of benzene rings is 2. The normalized spacial score (nSPS) is 17.8. The summed E-state index contributed by atoms with van der Waals surface area (Å²) < 4.78 is 3.76. The van der Waals surface area contributed by atoms with E-state index in [-0.39, 0.29) is 11.5 Å². The Morgan fingerprint density at radius 3 is 2.75 bits per heavy atom. The van der Waals surface area contributed by atoms with Gasteiger partial charge in [-0.15, -0.1) is 0 Å². The molecule has 11 heteroatoms. The highest BCUT2D eigenvalue weighted by Gasteiger charge is 2.27. The molecule has 0 bridgehead atoms. The zero-order valence-electron chi connectivity index (χ0n) is 30.4. The van der Waals surface area contributed by atoms with Gasteiger partial charge in [0, 0.05) is 79.3 Å². The number of nitrogens with one attached hydrogen (secondary N) is 3. The number of halogens is 1. The number of hydrogen-bond donors (Lipinski definition) is 3. The van der Waals surface area contributed by atoms with Crippen LogP contribution in [0.1, 0.15) is 61.3 Å². The second-order valence-corrected chi connectivity index (χ2v) is 14.7. The van der Waals surface area contributed by atoms with Crippen molar-refractivity contribution in [2.75, 3.05) is 30.4 Å². The number of para-hydroxylation sites is 1. The first-order valence-electron chi connectivity index (χ1n) is 18.2. The smallest absolute Gasteiger partial charge is 0.253 e. The zero-order valence-corrected chi connectivity index (χ0v) is 31.2. The molecule has 2 aliphatic heterocycles. The molecule has 52 heavy (non-hydrogen) atoms. The predicted octanol–water partition coefficient (Wildman–Crippen LogP) is 7.62. The van der Waals surface area contributed by atoms with Crippen LogP contribution in [0.4, 0.5) is 17.5 Å². The Bertz CT molecular complexity index is 2250. The lowest BCUT2D eigenvalue weighted by molar-refractivity contribution is 0.388. The van der Waals surface area contributed by atoms with Gasteiger partial charge in [-0.3, -0.25) is 9.48 Å². The van der Waals surface area contributed by atoms with Crippen LogP contribution in [0.5, 0.6) is 0 Å². The van der Waals surface area contributed by atoms with Gasteiger partial charge in [0.05, 0.1) is 22.9 Å². The average Bonchev–Trinajstić information content (AvgIpc) is 3.48. The fourth-order valence-electron chi connectivity index (χ4n) is 7.87. The molecule has 2 aromatic carbocycles. The van der Waals surface area contributed by atoms with Crippen molar-refractivity contribution < 1.29 is 0 Å². The minimum atomic E-state index is 0.00908. The lowest BCUT2D eigenvalue weighted by Gasteiger charge is -2.33. The number of pyridine rings is 1. The van der Waals surface area contributed by atoms with E-state index in [4.69, 9.17) is 21.7 Å². The monoisotopic (exact) mass is 717 g/mol. The maximum atomic E-state index is 13.0. The van der Waals surface area contributed by atoms with Crippen molar-refractivity contribution in [1.82, 2.24) is 34.9 Å². The molecule has 7 rings (SSSR count). The van der Waals surface area contributed by atoms with Gasteiger partial charge in [0.1, 0.15) is 5.02 Å². The minimum Gasteiger partial charge on any atom is -0.392 e. The van der Waals surface area contributed by atoms with Crippen LogP contribution in [0.3, 0.4) is 0 Å². The van der Waals surface area contributed by atoms with Crippen molar-refractivity contribution in [3.8, 4) is 0 Å². The van der Waals surface area contributed by atoms with Gasteiger partial charge in [0.2, 0.25) is 5.95 Å². The van der Waals surface area contributed by atoms with Crippen LogP contribution in [0, 0.1) is 5.92 Å². The van der Waals surface area contributed by atoms with Crippen molar-refractivity contribution in [2.24, 2.45) is 20.0 Å². The third-order valence-corrected chi connectivity index (χ3v) is 11.0.